The van der Waals surface area contributed by atoms with Gasteiger partial charge in [-0.05, 0) is 37.6 Å². The summed E-state index contributed by atoms with van der Waals surface area (Å²) in [5, 5.41) is 12.4. The van der Waals surface area contributed by atoms with Crippen LogP contribution in [0.5, 0.6) is 0 Å². The van der Waals surface area contributed by atoms with Crippen LogP contribution in [0, 0.1) is 5.92 Å². The first-order valence-electron chi connectivity index (χ1n) is 7.38. The van der Waals surface area contributed by atoms with Crippen molar-refractivity contribution in [1.29, 1.82) is 0 Å². The van der Waals surface area contributed by atoms with Crippen molar-refractivity contribution in [1.82, 2.24) is 5.32 Å². The molecule has 128 valence electrons. The molecule has 0 aliphatic rings. The van der Waals surface area contributed by atoms with Crippen LogP contribution >= 0.6 is 11.6 Å². The van der Waals surface area contributed by atoms with Crippen molar-refractivity contribution < 1.29 is 24.2 Å². The largest absolute Gasteiger partial charge is 0.481 e. The molecule has 0 saturated heterocycles. The highest BCUT2D eigenvalue weighted by atomic mass is 35.5. The van der Waals surface area contributed by atoms with E-state index in [1.165, 1.54) is 0 Å². The number of carbonyl (C=O) groups excluding carboxylic acids is 1. The van der Waals surface area contributed by atoms with E-state index in [0.29, 0.717) is 17.2 Å². The second-order valence-corrected chi connectivity index (χ2v) is 5.57. The van der Waals surface area contributed by atoms with E-state index in [4.69, 9.17) is 26.2 Å². The van der Waals surface area contributed by atoms with E-state index in [-0.39, 0.29) is 25.7 Å². The number of rotatable bonds is 10. The highest BCUT2D eigenvalue weighted by Gasteiger charge is 2.21. The number of aliphatic carboxylic acids is 1. The zero-order valence-electron chi connectivity index (χ0n) is 13.3. The van der Waals surface area contributed by atoms with Gasteiger partial charge in [0.25, 0.3) is 5.91 Å². The third-order valence-electron chi connectivity index (χ3n) is 3.19. The van der Waals surface area contributed by atoms with Gasteiger partial charge in [-0.3, -0.25) is 9.59 Å². The maximum absolute atomic E-state index is 12.2. The molecule has 0 spiro atoms. The molecule has 2 N–H and O–H groups in total. The third-order valence-corrected chi connectivity index (χ3v) is 3.44. The summed E-state index contributed by atoms with van der Waals surface area (Å²) >= 11 is 5.79. The van der Waals surface area contributed by atoms with Crippen LogP contribution in [0.15, 0.2) is 24.3 Å². The van der Waals surface area contributed by atoms with Gasteiger partial charge in [-0.1, -0.05) is 18.5 Å². The van der Waals surface area contributed by atoms with Gasteiger partial charge in [-0.2, -0.15) is 0 Å². The number of nitrogens with one attached hydrogen (secondary N) is 1. The number of amides is 1. The van der Waals surface area contributed by atoms with Crippen LogP contribution in [-0.2, 0) is 14.3 Å². The normalized spacial score (nSPS) is 13.3. The average molecular weight is 344 g/mol. The second-order valence-electron chi connectivity index (χ2n) is 5.13. The maximum Gasteiger partial charge on any atom is 0.306 e. The van der Waals surface area contributed by atoms with Crippen molar-refractivity contribution >= 4 is 23.5 Å². The molecule has 0 aliphatic heterocycles. The van der Waals surface area contributed by atoms with Crippen LogP contribution in [-0.4, -0.2) is 43.0 Å². The smallest absolute Gasteiger partial charge is 0.306 e. The van der Waals surface area contributed by atoms with Gasteiger partial charge in [0.1, 0.15) is 6.79 Å². The molecule has 0 radical (unpaired) electrons. The molecule has 7 heteroatoms. The summed E-state index contributed by atoms with van der Waals surface area (Å²) in [4.78, 5) is 23.2. The number of benzene rings is 1. The SMILES string of the molecule is CCOCOCC(CC(C)C(=O)O)NC(=O)c1ccc(Cl)cc1. The number of carboxylic acid groups (broad SMARTS) is 1. The Morgan fingerprint density at radius 2 is 1.91 bits per heavy atom. The number of carboxylic acids is 1. The molecule has 6 nitrogen and oxygen atoms in total. The van der Waals surface area contributed by atoms with Crippen LogP contribution < -0.4 is 5.32 Å². The van der Waals surface area contributed by atoms with E-state index in [1.54, 1.807) is 31.2 Å². The first-order chi connectivity index (χ1) is 10.9. The Balaban J connectivity index is 2.64. The summed E-state index contributed by atoms with van der Waals surface area (Å²) in [6, 6.07) is 6.03. The second kappa shape index (κ2) is 10.2. The Hall–Kier alpha value is -1.63. The van der Waals surface area contributed by atoms with Crippen LogP contribution in [0.2, 0.25) is 5.02 Å². The molecule has 23 heavy (non-hydrogen) atoms. The number of ether oxygens (including phenoxy) is 2. The first-order valence-corrected chi connectivity index (χ1v) is 7.76. The first kappa shape index (κ1) is 19.4. The molecule has 2 unspecified atom stereocenters. The Morgan fingerprint density at radius 3 is 2.48 bits per heavy atom. The minimum atomic E-state index is -0.916. The molecule has 0 aromatic heterocycles. The monoisotopic (exact) mass is 343 g/mol. The van der Waals surface area contributed by atoms with Crippen molar-refractivity contribution in [2.75, 3.05) is 20.0 Å². The van der Waals surface area contributed by atoms with Gasteiger partial charge in [-0.25, -0.2) is 0 Å². The Bertz CT molecular complexity index is 506. The molecule has 0 saturated carbocycles. The summed E-state index contributed by atoms with van der Waals surface area (Å²) in [6.07, 6.45) is 0.265. The number of halogens is 1. The van der Waals surface area contributed by atoms with E-state index in [9.17, 15) is 9.59 Å². The van der Waals surface area contributed by atoms with E-state index < -0.39 is 17.9 Å². The quantitative estimate of drug-likeness (QED) is 0.504. The number of carbonyl (C=O) groups is 2. The van der Waals surface area contributed by atoms with Crippen molar-refractivity contribution in [3.05, 3.63) is 34.9 Å². The Kier molecular flexibility index (Phi) is 8.61. The molecule has 1 amide bonds. The standard InChI is InChI=1S/C16H22ClNO5/c1-3-22-10-23-9-14(8-11(2)16(20)21)18-15(19)12-4-6-13(17)7-5-12/h4-7,11,14H,3,8-10H2,1-2H3,(H,18,19)(H,20,21). The van der Waals surface area contributed by atoms with Crippen LogP contribution in [0.1, 0.15) is 30.6 Å². The van der Waals surface area contributed by atoms with Gasteiger partial charge in [0, 0.05) is 17.2 Å². The van der Waals surface area contributed by atoms with E-state index in [1.807, 2.05) is 6.92 Å². The summed E-state index contributed by atoms with van der Waals surface area (Å²) in [5.41, 5.74) is 0.451. The van der Waals surface area contributed by atoms with Crippen LogP contribution in [0.3, 0.4) is 0 Å². The topological polar surface area (TPSA) is 84.9 Å². The minimum Gasteiger partial charge on any atom is -0.481 e. The molecular formula is C16H22ClNO5. The molecule has 1 aromatic carbocycles. The van der Waals surface area contributed by atoms with Crippen LogP contribution in [0.4, 0.5) is 0 Å². The maximum atomic E-state index is 12.2. The fraction of sp³-hybridized carbons (Fsp3) is 0.500. The average Bonchev–Trinajstić information content (AvgIpc) is 2.51. The lowest BCUT2D eigenvalue weighted by molar-refractivity contribution is -0.141. The zero-order valence-corrected chi connectivity index (χ0v) is 14.0. The van der Waals surface area contributed by atoms with E-state index in [2.05, 4.69) is 5.32 Å². The van der Waals surface area contributed by atoms with Gasteiger partial charge < -0.3 is 19.9 Å². The highest BCUT2D eigenvalue weighted by Crippen LogP contribution is 2.11. The Morgan fingerprint density at radius 1 is 1.26 bits per heavy atom. The molecule has 0 fully saturated rings. The van der Waals surface area contributed by atoms with Crippen LogP contribution in [0.25, 0.3) is 0 Å². The minimum absolute atomic E-state index is 0.102. The van der Waals surface area contributed by atoms with Crippen molar-refractivity contribution in [2.45, 2.75) is 26.3 Å². The molecule has 0 aliphatic carbocycles. The predicted molar refractivity (Wildman–Crippen MR) is 86.6 cm³/mol. The molecule has 2 atom stereocenters. The third kappa shape index (κ3) is 7.45. The fourth-order valence-corrected chi connectivity index (χ4v) is 2.02. The zero-order chi connectivity index (χ0) is 17.2. The molecule has 0 bridgehead atoms. The van der Waals surface area contributed by atoms with Crippen molar-refractivity contribution in [2.24, 2.45) is 5.92 Å². The molecule has 1 aromatic rings. The summed E-state index contributed by atoms with van der Waals surface area (Å²) in [6.45, 7) is 4.23. The van der Waals surface area contributed by atoms with E-state index in [0.717, 1.165) is 0 Å². The van der Waals surface area contributed by atoms with E-state index >= 15 is 0 Å². The predicted octanol–water partition coefficient (Wildman–Crippen LogP) is 2.56. The fourth-order valence-electron chi connectivity index (χ4n) is 1.90. The molecule has 1 rings (SSSR count). The molecule has 0 heterocycles. The number of hydrogen-bond acceptors (Lipinski definition) is 4. The lowest BCUT2D eigenvalue weighted by Gasteiger charge is -2.20. The lowest BCUT2D eigenvalue weighted by Crippen LogP contribution is -2.40. The van der Waals surface area contributed by atoms with Crippen molar-refractivity contribution in [3.63, 3.8) is 0 Å². The summed E-state index contributed by atoms with van der Waals surface area (Å²) in [5.74, 6) is -1.81. The molecular weight excluding hydrogens is 322 g/mol. The summed E-state index contributed by atoms with van der Waals surface area (Å²) < 4.78 is 10.4. The van der Waals surface area contributed by atoms with Gasteiger partial charge >= 0.3 is 5.97 Å². The lowest BCUT2D eigenvalue weighted by atomic mass is 10.0. The Labute approximate surface area is 140 Å². The summed E-state index contributed by atoms with van der Waals surface area (Å²) in [7, 11) is 0. The highest BCUT2D eigenvalue weighted by molar-refractivity contribution is 6.30. The number of hydrogen-bond donors (Lipinski definition) is 2. The van der Waals surface area contributed by atoms with Gasteiger partial charge in [-0.15, -0.1) is 0 Å². The van der Waals surface area contributed by atoms with Gasteiger partial charge in [0.05, 0.1) is 18.6 Å². The van der Waals surface area contributed by atoms with Gasteiger partial charge in [0.2, 0.25) is 0 Å². The van der Waals surface area contributed by atoms with Gasteiger partial charge in [0.15, 0.2) is 0 Å². The van der Waals surface area contributed by atoms with Crippen molar-refractivity contribution in [3.8, 4) is 0 Å².